The molecule has 6 heteroatoms. The van der Waals surface area contributed by atoms with Gasteiger partial charge in [-0.15, -0.1) is 0 Å². The number of nitrogens with two attached hydrogens (primary N) is 1. The second kappa shape index (κ2) is 4.34. The van der Waals surface area contributed by atoms with Crippen molar-refractivity contribution in [2.75, 3.05) is 7.05 Å². The van der Waals surface area contributed by atoms with Gasteiger partial charge in [0.15, 0.2) is 0 Å². The number of sulfonamides is 1. The SMILES string of the molecule is CC(C)N(C)S(=O)(=O)c1ccc(CN)o1. The smallest absolute Gasteiger partial charge is 0.276 e. The molecule has 0 bridgehead atoms. The molecular formula is C9H16N2O3S. The van der Waals surface area contributed by atoms with E-state index in [4.69, 9.17) is 10.2 Å². The van der Waals surface area contributed by atoms with E-state index in [9.17, 15) is 8.42 Å². The van der Waals surface area contributed by atoms with Crippen molar-refractivity contribution in [1.82, 2.24) is 4.31 Å². The fourth-order valence-electron chi connectivity index (χ4n) is 1.03. The van der Waals surface area contributed by atoms with Crippen molar-refractivity contribution < 1.29 is 12.8 Å². The lowest BCUT2D eigenvalue weighted by Crippen LogP contribution is -2.32. The molecule has 0 spiro atoms. The molecule has 15 heavy (non-hydrogen) atoms. The molecule has 5 nitrogen and oxygen atoms in total. The summed E-state index contributed by atoms with van der Waals surface area (Å²) in [5.74, 6) is 0.464. The molecule has 0 aliphatic carbocycles. The third-order valence-corrected chi connectivity index (χ3v) is 4.11. The summed E-state index contributed by atoms with van der Waals surface area (Å²) in [5.41, 5.74) is 5.34. The number of rotatable bonds is 4. The van der Waals surface area contributed by atoms with Gasteiger partial charge in [0.2, 0.25) is 5.09 Å². The van der Waals surface area contributed by atoms with Gasteiger partial charge in [0.1, 0.15) is 5.76 Å². The summed E-state index contributed by atoms with van der Waals surface area (Å²) in [6, 6.07) is 2.89. The Kier molecular flexibility index (Phi) is 3.54. The number of nitrogens with zero attached hydrogens (tertiary/aromatic N) is 1. The molecule has 0 atom stereocenters. The van der Waals surface area contributed by atoms with Gasteiger partial charge in [-0.05, 0) is 26.0 Å². The maximum atomic E-state index is 11.9. The predicted molar refractivity (Wildman–Crippen MR) is 56.7 cm³/mol. The Balaban J connectivity index is 3.06. The average Bonchev–Trinajstić information content (AvgIpc) is 2.65. The van der Waals surface area contributed by atoms with Crippen molar-refractivity contribution >= 4 is 10.0 Å². The second-order valence-corrected chi connectivity index (χ2v) is 5.47. The van der Waals surface area contributed by atoms with Crippen LogP contribution < -0.4 is 5.73 Å². The van der Waals surface area contributed by atoms with Gasteiger partial charge in [0, 0.05) is 13.1 Å². The highest BCUT2D eigenvalue weighted by atomic mass is 32.2. The van der Waals surface area contributed by atoms with E-state index in [1.54, 1.807) is 19.9 Å². The van der Waals surface area contributed by atoms with E-state index >= 15 is 0 Å². The molecule has 0 unspecified atom stereocenters. The van der Waals surface area contributed by atoms with E-state index < -0.39 is 10.0 Å². The highest BCUT2D eigenvalue weighted by Crippen LogP contribution is 2.18. The molecule has 0 saturated heterocycles. The van der Waals surface area contributed by atoms with Gasteiger partial charge >= 0.3 is 0 Å². The van der Waals surface area contributed by atoms with Crippen molar-refractivity contribution in [2.45, 2.75) is 31.5 Å². The standard InChI is InChI=1S/C9H16N2O3S/c1-7(2)11(3)15(12,13)9-5-4-8(6-10)14-9/h4-5,7H,6,10H2,1-3H3. The van der Waals surface area contributed by atoms with Crippen molar-refractivity contribution in [3.63, 3.8) is 0 Å². The largest absolute Gasteiger partial charge is 0.447 e. The lowest BCUT2D eigenvalue weighted by molar-refractivity contribution is 0.367. The van der Waals surface area contributed by atoms with Gasteiger partial charge in [-0.3, -0.25) is 0 Å². The highest BCUT2D eigenvalue weighted by molar-refractivity contribution is 7.89. The van der Waals surface area contributed by atoms with Crippen LogP contribution in [0.1, 0.15) is 19.6 Å². The molecule has 1 heterocycles. The van der Waals surface area contributed by atoms with Crippen LogP contribution >= 0.6 is 0 Å². The lowest BCUT2D eigenvalue weighted by atomic mass is 10.4. The number of hydrogen-bond donors (Lipinski definition) is 1. The van der Waals surface area contributed by atoms with Crippen LogP contribution in [0.25, 0.3) is 0 Å². The number of furan rings is 1. The minimum atomic E-state index is -3.52. The van der Waals surface area contributed by atoms with Crippen molar-refractivity contribution in [1.29, 1.82) is 0 Å². The molecule has 0 radical (unpaired) electrons. The average molecular weight is 232 g/mol. The minimum absolute atomic E-state index is 0.0563. The second-order valence-electron chi connectivity index (χ2n) is 3.54. The Morgan fingerprint density at radius 1 is 1.47 bits per heavy atom. The van der Waals surface area contributed by atoms with Crippen LogP contribution in [0.4, 0.5) is 0 Å². The van der Waals surface area contributed by atoms with Crippen LogP contribution in [-0.2, 0) is 16.6 Å². The van der Waals surface area contributed by atoms with Crippen LogP contribution in [0.2, 0.25) is 0 Å². The fourth-order valence-corrected chi connectivity index (χ4v) is 2.32. The topological polar surface area (TPSA) is 76.5 Å². The van der Waals surface area contributed by atoms with E-state index in [-0.39, 0.29) is 17.7 Å². The molecule has 1 rings (SSSR count). The molecule has 86 valence electrons. The summed E-state index contributed by atoms with van der Waals surface area (Å²) in [6.07, 6.45) is 0. The van der Waals surface area contributed by atoms with Crippen molar-refractivity contribution in [2.24, 2.45) is 5.73 Å². The Morgan fingerprint density at radius 3 is 2.47 bits per heavy atom. The summed E-state index contributed by atoms with van der Waals surface area (Å²) in [4.78, 5) is 0. The molecule has 0 aliphatic heterocycles. The summed E-state index contributed by atoms with van der Waals surface area (Å²) in [6.45, 7) is 3.79. The number of hydrogen-bond acceptors (Lipinski definition) is 4. The molecule has 0 fully saturated rings. The molecule has 1 aromatic rings. The quantitative estimate of drug-likeness (QED) is 0.831. The predicted octanol–water partition coefficient (Wildman–Crippen LogP) is 0.767. The highest BCUT2D eigenvalue weighted by Gasteiger charge is 2.26. The normalized spacial score (nSPS) is 12.7. The summed E-state index contributed by atoms with van der Waals surface area (Å²) in [7, 11) is -2.00. The molecule has 0 saturated carbocycles. The zero-order valence-electron chi connectivity index (χ0n) is 9.10. The zero-order chi connectivity index (χ0) is 11.6. The summed E-state index contributed by atoms with van der Waals surface area (Å²) in [5, 5.41) is -0.0563. The van der Waals surface area contributed by atoms with Crippen molar-refractivity contribution in [3.8, 4) is 0 Å². The monoisotopic (exact) mass is 232 g/mol. The van der Waals surface area contributed by atoms with E-state index in [0.29, 0.717) is 5.76 Å². The van der Waals surface area contributed by atoms with Gasteiger partial charge in [-0.1, -0.05) is 0 Å². The van der Waals surface area contributed by atoms with Gasteiger partial charge < -0.3 is 10.2 Å². The van der Waals surface area contributed by atoms with Crippen LogP contribution in [-0.4, -0.2) is 25.8 Å². The Hall–Kier alpha value is -0.850. The van der Waals surface area contributed by atoms with Crippen LogP contribution in [0.15, 0.2) is 21.6 Å². The molecule has 0 aliphatic rings. The first-order chi connectivity index (χ1) is 6.89. The van der Waals surface area contributed by atoms with Gasteiger partial charge in [0.25, 0.3) is 10.0 Å². The van der Waals surface area contributed by atoms with Gasteiger partial charge in [0.05, 0.1) is 6.54 Å². The van der Waals surface area contributed by atoms with Crippen LogP contribution in [0.5, 0.6) is 0 Å². The van der Waals surface area contributed by atoms with E-state index in [1.807, 2.05) is 0 Å². The lowest BCUT2D eigenvalue weighted by Gasteiger charge is -2.19. The molecule has 2 N–H and O–H groups in total. The molecule has 0 aromatic carbocycles. The van der Waals surface area contributed by atoms with Gasteiger partial charge in [-0.2, -0.15) is 4.31 Å². The van der Waals surface area contributed by atoms with E-state index in [2.05, 4.69) is 0 Å². The third-order valence-electron chi connectivity index (χ3n) is 2.20. The first-order valence-corrected chi connectivity index (χ1v) is 6.10. The Labute approximate surface area is 89.9 Å². The van der Waals surface area contributed by atoms with E-state index in [1.165, 1.54) is 17.4 Å². The first kappa shape index (κ1) is 12.2. The third kappa shape index (κ3) is 2.39. The van der Waals surface area contributed by atoms with E-state index in [0.717, 1.165) is 0 Å². The van der Waals surface area contributed by atoms with Gasteiger partial charge in [-0.25, -0.2) is 8.42 Å². The fraction of sp³-hybridized carbons (Fsp3) is 0.556. The minimum Gasteiger partial charge on any atom is -0.447 e. The molecule has 1 aromatic heterocycles. The van der Waals surface area contributed by atoms with Crippen LogP contribution in [0.3, 0.4) is 0 Å². The van der Waals surface area contributed by atoms with Crippen molar-refractivity contribution in [3.05, 3.63) is 17.9 Å². The maximum Gasteiger partial charge on any atom is 0.276 e. The Morgan fingerprint density at radius 2 is 2.07 bits per heavy atom. The first-order valence-electron chi connectivity index (χ1n) is 4.66. The summed E-state index contributed by atoms with van der Waals surface area (Å²) >= 11 is 0. The molecule has 0 amide bonds. The Bertz CT molecular complexity index is 422. The van der Waals surface area contributed by atoms with Crippen LogP contribution in [0, 0.1) is 0 Å². The zero-order valence-corrected chi connectivity index (χ0v) is 9.91. The summed E-state index contributed by atoms with van der Waals surface area (Å²) < 4.78 is 30.2. The maximum absolute atomic E-state index is 11.9. The molecular weight excluding hydrogens is 216 g/mol.